The average molecular weight is 477 g/mol. The van der Waals surface area contributed by atoms with E-state index in [1.54, 1.807) is 24.7 Å². The second kappa shape index (κ2) is 9.47. The first-order valence-corrected chi connectivity index (χ1v) is 11.5. The van der Waals surface area contributed by atoms with Gasteiger partial charge in [-0.3, -0.25) is 14.5 Å². The Morgan fingerprint density at radius 3 is 2.72 bits per heavy atom. The fraction of sp³-hybridized carbons (Fsp3) is 0.179. The molecule has 0 spiro atoms. The molecule has 4 heterocycles. The summed E-state index contributed by atoms with van der Waals surface area (Å²) in [7, 11) is 1.92. The number of fused-ring (bicyclic) bond motifs is 1. The number of nitriles is 1. The van der Waals surface area contributed by atoms with Crippen molar-refractivity contribution in [2.75, 3.05) is 0 Å². The quantitative estimate of drug-likeness (QED) is 0.362. The summed E-state index contributed by atoms with van der Waals surface area (Å²) in [5.41, 5.74) is 6.06. The average Bonchev–Trinajstić information content (AvgIpc) is 3.30. The molecule has 0 saturated heterocycles. The van der Waals surface area contributed by atoms with Crippen LogP contribution in [0.2, 0.25) is 0 Å². The van der Waals surface area contributed by atoms with E-state index in [0.717, 1.165) is 39.0 Å². The van der Waals surface area contributed by atoms with Crippen LogP contribution >= 0.6 is 0 Å². The van der Waals surface area contributed by atoms with Gasteiger partial charge in [-0.25, -0.2) is 4.98 Å². The van der Waals surface area contributed by atoms with Gasteiger partial charge in [0.05, 0.1) is 17.9 Å². The number of aromatic nitrogens is 5. The summed E-state index contributed by atoms with van der Waals surface area (Å²) in [6.45, 7) is 4.46. The molecule has 0 amide bonds. The van der Waals surface area contributed by atoms with E-state index in [4.69, 9.17) is 9.72 Å². The van der Waals surface area contributed by atoms with Gasteiger partial charge in [0.25, 0.3) is 5.56 Å². The Morgan fingerprint density at radius 2 is 1.94 bits per heavy atom. The molecule has 5 aromatic rings. The van der Waals surface area contributed by atoms with Crippen LogP contribution in [0.1, 0.15) is 28.1 Å². The molecule has 0 radical (unpaired) electrons. The van der Waals surface area contributed by atoms with Crippen LogP contribution in [0.15, 0.2) is 71.9 Å². The second-order valence-electron chi connectivity index (χ2n) is 8.61. The normalized spacial score (nSPS) is 10.9. The topological polar surface area (TPSA) is 98.6 Å². The molecule has 1 aromatic carbocycles. The van der Waals surface area contributed by atoms with Crippen LogP contribution in [0, 0.1) is 25.2 Å². The molecule has 8 heteroatoms. The summed E-state index contributed by atoms with van der Waals surface area (Å²) in [6.07, 6.45) is 5.16. The maximum Gasteiger partial charge on any atom is 0.268 e. The molecule has 0 fully saturated rings. The molecule has 0 bridgehead atoms. The third-order valence-electron chi connectivity index (χ3n) is 6.24. The van der Waals surface area contributed by atoms with Crippen molar-refractivity contribution in [2.45, 2.75) is 27.0 Å². The lowest BCUT2D eigenvalue weighted by Gasteiger charge is -2.16. The smallest absolute Gasteiger partial charge is 0.268 e. The van der Waals surface area contributed by atoms with Gasteiger partial charge >= 0.3 is 0 Å². The predicted molar refractivity (Wildman–Crippen MR) is 137 cm³/mol. The standard InChI is InChI=1S/C28H24N6O2/c1-18-9-11-30-24(16-34-13-5-6-20(15-29)28(34)35)23(18)17-36-26-8-4-7-21-22(14-19(2)32-27(21)26)25-10-12-31-33(25)3/h4-14H,16-17H2,1-3H3. The SMILES string of the molecule is Cc1cc(-c2ccnn2C)c2cccc(OCc3c(C)ccnc3Cn3cccc(C#N)c3=O)c2n1. The summed E-state index contributed by atoms with van der Waals surface area (Å²) in [5.74, 6) is 0.664. The van der Waals surface area contributed by atoms with E-state index >= 15 is 0 Å². The van der Waals surface area contributed by atoms with E-state index in [9.17, 15) is 10.1 Å². The highest BCUT2D eigenvalue weighted by Crippen LogP contribution is 2.33. The van der Waals surface area contributed by atoms with Crippen molar-refractivity contribution in [3.05, 3.63) is 106 Å². The van der Waals surface area contributed by atoms with Gasteiger partial charge < -0.3 is 9.30 Å². The molecule has 178 valence electrons. The molecule has 0 N–H and O–H groups in total. The number of benzene rings is 1. The van der Waals surface area contributed by atoms with Crippen molar-refractivity contribution in [2.24, 2.45) is 7.05 Å². The molecule has 0 aliphatic carbocycles. The van der Waals surface area contributed by atoms with Gasteiger partial charge in [0.2, 0.25) is 0 Å². The summed E-state index contributed by atoms with van der Waals surface area (Å²) in [6, 6.07) is 17.0. The van der Waals surface area contributed by atoms with Crippen LogP contribution in [-0.4, -0.2) is 24.3 Å². The molecule has 4 aromatic heterocycles. The zero-order valence-electron chi connectivity index (χ0n) is 20.3. The van der Waals surface area contributed by atoms with Gasteiger partial charge in [0.15, 0.2) is 0 Å². The Bertz CT molecular complexity index is 1690. The van der Waals surface area contributed by atoms with Crippen LogP contribution in [-0.2, 0) is 20.2 Å². The molecule has 0 atom stereocenters. The first-order chi connectivity index (χ1) is 17.5. The van der Waals surface area contributed by atoms with Crippen LogP contribution in [0.3, 0.4) is 0 Å². The fourth-order valence-electron chi connectivity index (χ4n) is 4.35. The maximum atomic E-state index is 12.6. The number of pyridine rings is 3. The van der Waals surface area contributed by atoms with Crippen molar-refractivity contribution in [3.8, 4) is 23.1 Å². The molecule has 5 rings (SSSR count). The van der Waals surface area contributed by atoms with E-state index in [1.807, 2.05) is 62.0 Å². The summed E-state index contributed by atoms with van der Waals surface area (Å²) >= 11 is 0. The largest absolute Gasteiger partial charge is 0.487 e. The fourth-order valence-corrected chi connectivity index (χ4v) is 4.35. The monoisotopic (exact) mass is 476 g/mol. The Kier molecular flexibility index (Phi) is 6.05. The Hall–Kier alpha value is -4.77. The summed E-state index contributed by atoms with van der Waals surface area (Å²) < 4.78 is 9.67. The van der Waals surface area contributed by atoms with E-state index < -0.39 is 0 Å². The number of ether oxygens (including phenoxy) is 1. The van der Waals surface area contributed by atoms with Gasteiger partial charge in [0.1, 0.15) is 29.5 Å². The van der Waals surface area contributed by atoms with Gasteiger partial charge in [-0.1, -0.05) is 12.1 Å². The van der Waals surface area contributed by atoms with Crippen molar-refractivity contribution in [1.29, 1.82) is 5.26 Å². The van der Waals surface area contributed by atoms with E-state index in [1.165, 1.54) is 10.6 Å². The first kappa shape index (κ1) is 23.0. The highest BCUT2D eigenvalue weighted by Gasteiger charge is 2.15. The number of para-hydroxylation sites is 1. The molecule has 0 aliphatic rings. The van der Waals surface area contributed by atoms with Gasteiger partial charge in [-0.05, 0) is 55.8 Å². The van der Waals surface area contributed by atoms with E-state index in [0.29, 0.717) is 11.4 Å². The zero-order valence-corrected chi connectivity index (χ0v) is 20.3. The first-order valence-electron chi connectivity index (χ1n) is 11.5. The third-order valence-corrected chi connectivity index (χ3v) is 6.24. The number of hydrogen-bond donors (Lipinski definition) is 0. The maximum absolute atomic E-state index is 12.6. The number of aryl methyl sites for hydroxylation is 3. The lowest BCUT2D eigenvalue weighted by atomic mass is 10.0. The van der Waals surface area contributed by atoms with Crippen molar-refractivity contribution >= 4 is 10.9 Å². The predicted octanol–water partition coefficient (Wildman–Crippen LogP) is 4.31. The number of nitrogens with zero attached hydrogens (tertiary/aromatic N) is 6. The van der Waals surface area contributed by atoms with Crippen molar-refractivity contribution < 1.29 is 4.74 Å². The van der Waals surface area contributed by atoms with Gasteiger partial charge in [0, 0.05) is 47.8 Å². The minimum absolute atomic E-state index is 0.101. The Labute approximate surface area is 208 Å². The molecule has 8 nitrogen and oxygen atoms in total. The minimum Gasteiger partial charge on any atom is -0.487 e. The molecule has 36 heavy (non-hydrogen) atoms. The Morgan fingerprint density at radius 1 is 1.08 bits per heavy atom. The third kappa shape index (κ3) is 4.23. The summed E-state index contributed by atoms with van der Waals surface area (Å²) in [4.78, 5) is 21.9. The zero-order chi connectivity index (χ0) is 25.2. The minimum atomic E-state index is -0.341. The molecule has 0 aliphatic heterocycles. The van der Waals surface area contributed by atoms with Gasteiger partial charge in [-0.15, -0.1) is 0 Å². The van der Waals surface area contributed by atoms with Crippen LogP contribution in [0.5, 0.6) is 5.75 Å². The van der Waals surface area contributed by atoms with Crippen molar-refractivity contribution in [1.82, 2.24) is 24.3 Å². The molecule has 0 saturated carbocycles. The molecular weight excluding hydrogens is 452 g/mol. The van der Waals surface area contributed by atoms with Crippen molar-refractivity contribution in [3.63, 3.8) is 0 Å². The van der Waals surface area contributed by atoms with Gasteiger partial charge in [-0.2, -0.15) is 10.4 Å². The lowest BCUT2D eigenvalue weighted by Crippen LogP contribution is -2.23. The van der Waals surface area contributed by atoms with Crippen LogP contribution < -0.4 is 10.3 Å². The van der Waals surface area contributed by atoms with Crippen LogP contribution in [0.4, 0.5) is 0 Å². The highest BCUT2D eigenvalue weighted by molar-refractivity contribution is 5.97. The summed E-state index contributed by atoms with van der Waals surface area (Å²) in [5, 5.41) is 14.5. The second-order valence-corrected chi connectivity index (χ2v) is 8.61. The molecular formula is C28H24N6O2. The Balaban J connectivity index is 1.51. The van der Waals surface area contributed by atoms with Crippen LogP contribution in [0.25, 0.3) is 22.2 Å². The number of rotatable bonds is 6. The van der Waals surface area contributed by atoms with E-state index in [2.05, 4.69) is 16.1 Å². The molecule has 0 unspecified atom stereocenters. The lowest BCUT2D eigenvalue weighted by molar-refractivity contribution is 0.306. The van der Waals surface area contributed by atoms with E-state index in [-0.39, 0.29) is 24.3 Å². The highest BCUT2D eigenvalue weighted by atomic mass is 16.5. The number of hydrogen-bond acceptors (Lipinski definition) is 6.